The Kier molecular flexibility index (Phi) is 6.48. The van der Waals surface area contributed by atoms with Crippen LogP contribution in [0.25, 0.3) is 0 Å². The second-order valence-corrected chi connectivity index (χ2v) is 7.86. The van der Waals surface area contributed by atoms with Crippen LogP contribution in [0.15, 0.2) is 84.9 Å². The van der Waals surface area contributed by atoms with E-state index in [-0.39, 0.29) is 12.8 Å². The van der Waals surface area contributed by atoms with Crippen molar-refractivity contribution >= 4 is 19.4 Å². The Hall–Kier alpha value is -3.08. The molecule has 6 nitrogen and oxygen atoms in total. The number of carbonyl (C=O) groups is 1. The average molecular weight is 397 g/mol. The first-order valence-electron chi connectivity index (χ1n) is 8.63. The van der Waals surface area contributed by atoms with Crippen LogP contribution in [-0.4, -0.2) is 11.0 Å². The summed E-state index contributed by atoms with van der Waals surface area (Å²) in [4.78, 5) is 21.9. The Labute approximate surface area is 163 Å². The van der Waals surface area contributed by atoms with E-state index >= 15 is 0 Å². The van der Waals surface area contributed by atoms with Gasteiger partial charge in [0.15, 0.2) is 0 Å². The molecule has 0 heterocycles. The first-order valence-corrected chi connectivity index (χ1v) is 10.4. The molecule has 0 fully saturated rings. The van der Waals surface area contributed by atoms with Crippen molar-refractivity contribution in [1.82, 2.24) is 0 Å². The van der Waals surface area contributed by atoms with Gasteiger partial charge in [-0.3, -0.25) is 5.32 Å². The lowest BCUT2D eigenvalue weighted by Crippen LogP contribution is -2.13. The Balaban J connectivity index is 1.51. The minimum Gasteiger partial charge on any atom is -0.444 e. The van der Waals surface area contributed by atoms with Gasteiger partial charge in [0.1, 0.15) is 12.4 Å². The fraction of sp³-hybridized carbons (Fsp3) is 0.0952. The van der Waals surface area contributed by atoms with E-state index in [0.717, 1.165) is 5.56 Å². The Morgan fingerprint density at radius 2 is 1.46 bits per heavy atom. The Bertz CT molecular complexity index is 946. The molecule has 3 rings (SSSR count). The molecule has 0 aliphatic rings. The van der Waals surface area contributed by atoms with E-state index in [1.165, 1.54) is 0 Å². The number of hydrogen-bond donors (Lipinski definition) is 2. The molecule has 1 atom stereocenters. The molecule has 0 saturated carbocycles. The second-order valence-electron chi connectivity index (χ2n) is 6.08. The number of anilines is 1. The van der Waals surface area contributed by atoms with Crippen molar-refractivity contribution in [1.29, 1.82) is 0 Å². The normalized spacial score (nSPS) is 12.6. The molecule has 28 heavy (non-hydrogen) atoms. The van der Waals surface area contributed by atoms with Crippen LogP contribution in [0, 0.1) is 0 Å². The van der Waals surface area contributed by atoms with Crippen molar-refractivity contribution in [2.45, 2.75) is 12.8 Å². The molecule has 7 heteroatoms. The Morgan fingerprint density at radius 3 is 2.11 bits per heavy atom. The van der Waals surface area contributed by atoms with Gasteiger partial charge in [-0.05, 0) is 35.4 Å². The molecule has 0 aliphatic heterocycles. The number of amides is 1. The highest BCUT2D eigenvalue weighted by Crippen LogP contribution is 2.46. The van der Waals surface area contributed by atoms with Crippen molar-refractivity contribution in [3.63, 3.8) is 0 Å². The molecule has 3 aromatic carbocycles. The second kappa shape index (κ2) is 9.22. The van der Waals surface area contributed by atoms with E-state index in [1.54, 1.807) is 54.6 Å². The quantitative estimate of drug-likeness (QED) is 0.535. The summed E-state index contributed by atoms with van der Waals surface area (Å²) in [6.45, 7) is 0.176. The molecular weight excluding hydrogens is 377 g/mol. The van der Waals surface area contributed by atoms with Gasteiger partial charge in [0, 0.05) is 5.69 Å². The van der Waals surface area contributed by atoms with Crippen LogP contribution < -0.4 is 9.84 Å². The van der Waals surface area contributed by atoms with E-state index in [9.17, 15) is 14.3 Å². The van der Waals surface area contributed by atoms with Crippen LogP contribution in [0.3, 0.4) is 0 Å². The highest BCUT2D eigenvalue weighted by molar-refractivity contribution is 7.52. The first kappa shape index (κ1) is 19.7. The minimum absolute atomic E-state index is 0.138. The fourth-order valence-electron chi connectivity index (χ4n) is 2.48. The summed E-state index contributed by atoms with van der Waals surface area (Å²) >= 11 is 0. The van der Waals surface area contributed by atoms with Gasteiger partial charge in [-0.25, -0.2) is 9.36 Å². The SMILES string of the molecule is O=C(Nc1ccc(CP(=O)(O)Oc2ccccc2)cc1)OCc1ccccc1. The highest BCUT2D eigenvalue weighted by Gasteiger charge is 2.21. The molecule has 0 aliphatic carbocycles. The molecule has 0 aromatic heterocycles. The summed E-state index contributed by atoms with van der Waals surface area (Å²) in [7, 11) is -3.84. The molecule has 1 unspecified atom stereocenters. The summed E-state index contributed by atoms with van der Waals surface area (Å²) in [5.74, 6) is 0.341. The van der Waals surface area contributed by atoms with Crippen LogP contribution in [0.2, 0.25) is 0 Å². The summed E-state index contributed by atoms with van der Waals surface area (Å²) in [5, 5.41) is 2.62. The minimum atomic E-state index is -3.84. The third kappa shape index (κ3) is 6.27. The fourth-order valence-corrected chi connectivity index (χ4v) is 3.67. The van der Waals surface area contributed by atoms with E-state index < -0.39 is 13.7 Å². The third-order valence-electron chi connectivity index (χ3n) is 3.79. The molecule has 3 aromatic rings. The van der Waals surface area contributed by atoms with E-state index in [4.69, 9.17) is 9.26 Å². The third-order valence-corrected chi connectivity index (χ3v) is 5.05. The molecule has 0 spiro atoms. The molecule has 0 saturated heterocycles. The number of ether oxygens (including phenoxy) is 1. The maximum absolute atomic E-state index is 12.3. The number of benzene rings is 3. The van der Waals surface area contributed by atoms with Crippen LogP contribution in [0.5, 0.6) is 5.75 Å². The van der Waals surface area contributed by atoms with Gasteiger partial charge in [0.05, 0.1) is 6.16 Å². The summed E-state index contributed by atoms with van der Waals surface area (Å²) < 4.78 is 22.6. The summed E-state index contributed by atoms with van der Waals surface area (Å²) in [6, 6.07) is 24.5. The van der Waals surface area contributed by atoms with Crippen LogP contribution in [0.4, 0.5) is 10.5 Å². The van der Waals surface area contributed by atoms with Crippen molar-refractivity contribution in [3.05, 3.63) is 96.1 Å². The van der Waals surface area contributed by atoms with Crippen molar-refractivity contribution < 1.29 is 23.5 Å². The lowest BCUT2D eigenvalue weighted by Gasteiger charge is -2.14. The smallest absolute Gasteiger partial charge is 0.411 e. The van der Waals surface area contributed by atoms with Gasteiger partial charge in [-0.2, -0.15) is 0 Å². The van der Waals surface area contributed by atoms with Gasteiger partial charge in [0.2, 0.25) is 0 Å². The zero-order chi connectivity index (χ0) is 19.8. The van der Waals surface area contributed by atoms with Crippen LogP contribution in [-0.2, 0) is 22.1 Å². The lowest BCUT2D eigenvalue weighted by molar-refractivity contribution is 0.155. The predicted octanol–water partition coefficient (Wildman–Crippen LogP) is 5.20. The van der Waals surface area contributed by atoms with Gasteiger partial charge >= 0.3 is 13.7 Å². The van der Waals surface area contributed by atoms with Gasteiger partial charge in [-0.1, -0.05) is 60.7 Å². The predicted molar refractivity (Wildman–Crippen MR) is 107 cm³/mol. The first-order chi connectivity index (χ1) is 13.5. The van der Waals surface area contributed by atoms with Gasteiger partial charge in [-0.15, -0.1) is 0 Å². The zero-order valence-corrected chi connectivity index (χ0v) is 15.9. The van der Waals surface area contributed by atoms with E-state index in [2.05, 4.69) is 5.32 Å². The van der Waals surface area contributed by atoms with Gasteiger partial charge in [0.25, 0.3) is 0 Å². The molecular formula is C21H20NO5P. The van der Waals surface area contributed by atoms with E-state index in [0.29, 0.717) is 17.0 Å². The molecule has 144 valence electrons. The molecule has 1 amide bonds. The topological polar surface area (TPSA) is 84.9 Å². The number of nitrogens with one attached hydrogen (secondary N) is 1. The van der Waals surface area contributed by atoms with Gasteiger partial charge < -0.3 is 14.2 Å². The maximum Gasteiger partial charge on any atom is 0.411 e. The molecule has 0 radical (unpaired) electrons. The Morgan fingerprint density at radius 1 is 0.857 bits per heavy atom. The highest BCUT2D eigenvalue weighted by atomic mass is 31.2. The lowest BCUT2D eigenvalue weighted by atomic mass is 10.2. The van der Waals surface area contributed by atoms with Crippen LogP contribution in [0.1, 0.15) is 11.1 Å². The maximum atomic E-state index is 12.3. The zero-order valence-electron chi connectivity index (χ0n) is 15.0. The molecule has 0 bridgehead atoms. The molecule has 2 N–H and O–H groups in total. The number of rotatable bonds is 7. The monoisotopic (exact) mass is 397 g/mol. The van der Waals surface area contributed by atoms with Crippen molar-refractivity contribution in [3.8, 4) is 5.75 Å². The number of para-hydroxylation sites is 1. The van der Waals surface area contributed by atoms with E-state index in [1.807, 2.05) is 30.3 Å². The standard InChI is InChI=1S/C21H20NO5P/c23-21(26-15-17-7-3-1-4-8-17)22-19-13-11-18(12-14-19)16-28(24,25)27-20-9-5-2-6-10-20/h1-14H,15-16H2,(H,22,23)(H,24,25). The van der Waals surface area contributed by atoms with Crippen molar-refractivity contribution in [2.24, 2.45) is 0 Å². The number of carbonyl (C=O) groups excluding carboxylic acids is 1. The largest absolute Gasteiger partial charge is 0.444 e. The summed E-state index contributed by atoms with van der Waals surface area (Å²) in [5.41, 5.74) is 2.04. The van der Waals surface area contributed by atoms with Crippen LogP contribution >= 0.6 is 7.60 Å². The summed E-state index contributed by atoms with van der Waals surface area (Å²) in [6.07, 6.45) is -0.711. The average Bonchev–Trinajstić information content (AvgIpc) is 2.69. The number of hydrogen-bond acceptors (Lipinski definition) is 4. The van der Waals surface area contributed by atoms with Crippen molar-refractivity contribution in [2.75, 3.05) is 5.32 Å².